The summed E-state index contributed by atoms with van der Waals surface area (Å²) in [5, 5.41) is 15.3. The van der Waals surface area contributed by atoms with Gasteiger partial charge in [-0.25, -0.2) is 0 Å². The molecule has 2 N–H and O–H groups in total. The van der Waals surface area contributed by atoms with E-state index in [2.05, 4.69) is 46.9 Å². The average Bonchev–Trinajstić information content (AvgIpc) is 3.39. The van der Waals surface area contributed by atoms with Crippen LogP contribution in [0.4, 0.5) is 5.69 Å². The Kier molecular flexibility index (Phi) is 7.26. The van der Waals surface area contributed by atoms with Crippen LogP contribution in [0.5, 0.6) is 5.75 Å². The summed E-state index contributed by atoms with van der Waals surface area (Å²) in [7, 11) is 0. The van der Waals surface area contributed by atoms with E-state index in [1.165, 1.54) is 0 Å². The number of carbonyl (C=O) groups excluding carboxylic acids is 2. The van der Waals surface area contributed by atoms with Crippen molar-refractivity contribution < 1.29 is 28.9 Å². The quantitative estimate of drug-likeness (QED) is 0.410. The molecule has 6 rings (SSSR count). The van der Waals surface area contributed by atoms with Gasteiger partial charge < -0.3 is 24.6 Å². The molecule has 1 aliphatic heterocycles. The van der Waals surface area contributed by atoms with Crippen molar-refractivity contribution in [3.05, 3.63) is 48.1 Å². The van der Waals surface area contributed by atoms with Crippen LogP contribution in [-0.4, -0.2) is 52.9 Å². The lowest BCUT2D eigenvalue weighted by Crippen LogP contribution is -2.63. The minimum absolute atomic E-state index is 0.0196. The summed E-state index contributed by atoms with van der Waals surface area (Å²) in [5.74, 6) is 0.865. The maximum absolute atomic E-state index is 14.4. The lowest BCUT2D eigenvalue weighted by molar-refractivity contribution is -0.200. The number of ketones is 2. The van der Waals surface area contributed by atoms with Crippen molar-refractivity contribution in [3.63, 3.8) is 0 Å². The van der Waals surface area contributed by atoms with Gasteiger partial charge in [-0.1, -0.05) is 38.8 Å². The SMILES string of the molecule is CCC[C@@H]1O[C@@H]2C[C@H]3[C@@H]4CCC5=CC(=O)C=C[C@]5(C)[C@H]4[C@@H](O)C[C@]3(C)[C@]2(C(=O)COc2ccc(NC(C)(C)C)cc2)O1. The molecule has 0 aromatic heterocycles. The van der Waals surface area contributed by atoms with Gasteiger partial charge in [-0.3, -0.25) is 9.59 Å². The predicted molar refractivity (Wildman–Crippen MR) is 161 cm³/mol. The predicted octanol–water partition coefficient (Wildman–Crippen LogP) is 6.01. The van der Waals surface area contributed by atoms with Crippen LogP contribution in [0.1, 0.15) is 80.1 Å². The van der Waals surface area contributed by atoms with Gasteiger partial charge in [-0.2, -0.15) is 0 Å². The number of aliphatic hydroxyl groups excluding tert-OH is 1. The van der Waals surface area contributed by atoms with E-state index in [9.17, 15) is 14.7 Å². The summed E-state index contributed by atoms with van der Waals surface area (Å²) in [4.78, 5) is 26.6. The van der Waals surface area contributed by atoms with Crippen molar-refractivity contribution in [1.82, 2.24) is 0 Å². The van der Waals surface area contributed by atoms with Crippen LogP contribution in [0.3, 0.4) is 0 Å². The second kappa shape index (κ2) is 10.3. The standard InChI is InChI=1S/C35H47NO6/c1-7-8-30-41-29-18-26-25-14-9-21-17-23(37)15-16-33(21,5)31(25)27(38)19-34(26,6)35(29,42-30)28(39)20-40-24-12-10-22(11-13-24)36-32(2,3)4/h10-13,15-17,25-27,29-31,36,38H,7-9,14,18-20H2,1-6H3/t25-,26-,27-,29+,30+,31+,33-,34-,35+/m0/s1. The number of carbonyl (C=O) groups is 2. The fraction of sp³-hybridized carbons (Fsp3) is 0.657. The number of nitrogens with one attached hydrogen (secondary N) is 1. The Balaban J connectivity index is 1.28. The van der Waals surface area contributed by atoms with Gasteiger partial charge in [0, 0.05) is 28.0 Å². The third-order valence-electron chi connectivity index (χ3n) is 11.0. The summed E-state index contributed by atoms with van der Waals surface area (Å²) in [6, 6.07) is 7.69. The number of aliphatic hydroxyl groups is 1. The second-order valence-corrected chi connectivity index (χ2v) is 14.8. The van der Waals surface area contributed by atoms with E-state index in [4.69, 9.17) is 14.2 Å². The van der Waals surface area contributed by atoms with Crippen molar-refractivity contribution in [2.75, 3.05) is 11.9 Å². The van der Waals surface area contributed by atoms with Gasteiger partial charge in [0.05, 0.1) is 12.2 Å². The number of rotatable bonds is 7. The molecule has 0 radical (unpaired) electrons. The van der Waals surface area contributed by atoms with Crippen LogP contribution in [0.2, 0.25) is 0 Å². The van der Waals surface area contributed by atoms with E-state index >= 15 is 0 Å². The molecular formula is C35H47NO6. The molecule has 4 fully saturated rings. The highest BCUT2D eigenvalue weighted by Crippen LogP contribution is 2.69. The van der Waals surface area contributed by atoms with Crippen LogP contribution < -0.4 is 10.1 Å². The Morgan fingerprint density at radius 2 is 1.93 bits per heavy atom. The molecule has 7 heteroatoms. The largest absolute Gasteiger partial charge is 0.486 e. The van der Waals surface area contributed by atoms with E-state index in [-0.39, 0.29) is 53.0 Å². The van der Waals surface area contributed by atoms with Gasteiger partial charge in [-0.15, -0.1) is 0 Å². The third-order valence-corrected chi connectivity index (χ3v) is 11.0. The Bertz CT molecular complexity index is 1300. The highest BCUT2D eigenvalue weighted by atomic mass is 16.7. The van der Waals surface area contributed by atoms with Crippen molar-refractivity contribution >= 4 is 17.3 Å². The van der Waals surface area contributed by atoms with Gasteiger partial charge in [0.25, 0.3) is 0 Å². The summed E-state index contributed by atoms with van der Waals surface area (Å²) in [6.07, 6.45) is 8.47. The Hall–Kier alpha value is -2.48. The highest BCUT2D eigenvalue weighted by molar-refractivity contribution is 6.01. The van der Waals surface area contributed by atoms with E-state index in [0.29, 0.717) is 12.2 Å². The number of Topliss-reactive ketones (excluding diaryl/α,β-unsaturated/α-hetero) is 1. The molecule has 9 atom stereocenters. The molecular weight excluding hydrogens is 530 g/mol. The molecule has 3 saturated carbocycles. The summed E-state index contributed by atoms with van der Waals surface area (Å²) < 4.78 is 19.4. The van der Waals surface area contributed by atoms with Gasteiger partial charge >= 0.3 is 0 Å². The fourth-order valence-corrected chi connectivity index (χ4v) is 9.33. The maximum atomic E-state index is 14.4. The molecule has 42 heavy (non-hydrogen) atoms. The molecule has 1 aromatic carbocycles. The van der Waals surface area contributed by atoms with Gasteiger partial charge in [0.2, 0.25) is 5.78 Å². The van der Waals surface area contributed by atoms with Crippen molar-refractivity contribution in [2.24, 2.45) is 28.6 Å². The molecule has 0 bridgehead atoms. The fourth-order valence-electron chi connectivity index (χ4n) is 9.33. The average molecular weight is 578 g/mol. The lowest BCUT2D eigenvalue weighted by atomic mass is 9.46. The van der Waals surface area contributed by atoms with Crippen LogP contribution in [-0.2, 0) is 19.1 Å². The lowest BCUT2D eigenvalue weighted by Gasteiger charge is -2.59. The molecule has 7 nitrogen and oxygen atoms in total. The molecule has 1 saturated heterocycles. The van der Waals surface area contributed by atoms with Crippen molar-refractivity contribution in [2.45, 2.75) is 110 Å². The molecule has 1 aromatic rings. The summed E-state index contributed by atoms with van der Waals surface area (Å²) >= 11 is 0. The van der Waals surface area contributed by atoms with Gasteiger partial charge in [-0.05, 0) is 101 Å². The van der Waals surface area contributed by atoms with Crippen LogP contribution in [0.15, 0.2) is 48.1 Å². The number of allylic oxidation sites excluding steroid dienone is 4. The summed E-state index contributed by atoms with van der Waals surface area (Å²) in [5.41, 5.74) is -0.0909. The number of benzene rings is 1. The first-order valence-electron chi connectivity index (χ1n) is 15.8. The highest BCUT2D eigenvalue weighted by Gasteiger charge is 2.75. The van der Waals surface area contributed by atoms with Crippen LogP contribution in [0, 0.1) is 28.6 Å². The molecule has 4 aliphatic carbocycles. The number of fused-ring (bicyclic) bond motifs is 7. The first kappa shape index (κ1) is 29.6. The molecule has 228 valence electrons. The Morgan fingerprint density at radius 1 is 1.19 bits per heavy atom. The van der Waals surface area contributed by atoms with Gasteiger partial charge in [0.1, 0.15) is 12.4 Å². The van der Waals surface area contributed by atoms with Crippen LogP contribution in [0.25, 0.3) is 0 Å². The van der Waals surface area contributed by atoms with Crippen molar-refractivity contribution in [3.8, 4) is 5.75 Å². The van der Waals surface area contributed by atoms with Crippen LogP contribution >= 0.6 is 0 Å². The third kappa shape index (κ3) is 4.58. The minimum atomic E-state index is -1.17. The van der Waals surface area contributed by atoms with E-state index in [1.807, 2.05) is 30.3 Å². The molecule has 5 aliphatic rings. The number of hydrogen-bond donors (Lipinski definition) is 2. The first-order valence-corrected chi connectivity index (χ1v) is 15.8. The normalized spacial score (nSPS) is 40.5. The Labute approximate surface area is 250 Å². The second-order valence-electron chi connectivity index (χ2n) is 14.8. The number of anilines is 1. The van der Waals surface area contributed by atoms with Crippen molar-refractivity contribution in [1.29, 1.82) is 0 Å². The Morgan fingerprint density at radius 3 is 2.62 bits per heavy atom. The topological polar surface area (TPSA) is 94.1 Å². The molecule has 0 spiro atoms. The monoisotopic (exact) mass is 577 g/mol. The van der Waals surface area contributed by atoms with E-state index in [0.717, 1.165) is 43.4 Å². The number of hydrogen-bond acceptors (Lipinski definition) is 7. The minimum Gasteiger partial charge on any atom is -0.486 e. The molecule has 1 heterocycles. The zero-order valence-electron chi connectivity index (χ0n) is 25.9. The van der Waals surface area contributed by atoms with Gasteiger partial charge in [0.15, 0.2) is 17.7 Å². The zero-order chi connectivity index (χ0) is 30.1. The number of ether oxygens (including phenoxy) is 3. The molecule has 0 unspecified atom stereocenters. The first-order chi connectivity index (χ1) is 19.8. The van der Waals surface area contributed by atoms with E-state index < -0.39 is 23.4 Å². The smallest absolute Gasteiger partial charge is 0.205 e. The zero-order valence-corrected chi connectivity index (χ0v) is 25.9. The van der Waals surface area contributed by atoms with E-state index in [1.54, 1.807) is 12.2 Å². The maximum Gasteiger partial charge on any atom is 0.205 e. The molecule has 0 amide bonds. The summed E-state index contributed by atoms with van der Waals surface area (Å²) in [6.45, 7) is 12.6.